The van der Waals surface area contributed by atoms with E-state index in [9.17, 15) is 9.59 Å². The molecule has 0 radical (unpaired) electrons. The number of H-pyrrole nitrogens is 1. The van der Waals surface area contributed by atoms with Crippen LogP contribution in [0.4, 0.5) is 5.69 Å². The molecule has 0 fully saturated rings. The fourth-order valence-corrected chi connectivity index (χ4v) is 2.63. The number of amides is 1. The Morgan fingerprint density at radius 3 is 2.46 bits per heavy atom. The van der Waals surface area contributed by atoms with Crippen LogP contribution in [0.25, 0.3) is 11.1 Å². The molecule has 5 heteroatoms. The van der Waals surface area contributed by atoms with Crippen molar-refractivity contribution < 1.29 is 4.79 Å². The summed E-state index contributed by atoms with van der Waals surface area (Å²) in [5.41, 5.74) is 3.01. The molecule has 2 heterocycles. The maximum Gasteiger partial charge on any atom is 0.261 e. The summed E-state index contributed by atoms with van der Waals surface area (Å²) in [6.45, 7) is 6.32. The van der Waals surface area contributed by atoms with Gasteiger partial charge in [0.2, 0.25) is 0 Å². The summed E-state index contributed by atoms with van der Waals surface area (Å²) in [5.74, 6) is -0.437. The van der Waals surface area contributed by atoms with Gasteiger partial charge in [-0.1, -0.05) is 32.9 Å². The van der Waals surface area contributed by atoms with Gasteiger partial charge in [0.25, 0.3) is 11.5 Å². The zero-order chi connectivity index (χ0) is 18.7. The molecule has 1 amide bonds. The zero-order valence-corrected chi connectivity index (χ0v) is 15.0. The number of hydrogen-bond acceptors (Lipinski definition) is 3. The molecule has 132 valence electrons. The maximum atomic E-state index is 12.6. The molecule has 5 nitrogen and oxygen atoms in total. The second-order valence-corrected chi connectivity index (χ2v) is 7.15. The number of aromatic amines is 1. The van der Waals surface area contributed by atoms with Crippen LogP contribution in [-0.2, 0) is 5.41 Å². The van der Waals surface area contributed by atoms with Crippen LogP contribution >= 0.6 is 0 Å². The van der Waals surface area contributed by atoms with Crippen LogP contribution in [0, 0.1) is 0 Å². The highest BCUT2D eigenvalue weighted by atomic mass is 16.2. The Morgan fingerprint density at radius 2 is 1.77 bits per heavy atom. The van der Waals surface area contributed by atoms with Crippen molar-refractivity contribution in [3.8, 4) is 11.1 Å². The van der Waals surface area contributed by atoms with Crippen molar-refractivity contribution in [2.75, 3.05) is 5.32 Å². The van der Waals surface area contributed by atoms with Gasteiger partial charge in [-0.2, -0.15) is 0 Å². The Hall–Kier alpha value is -3.21. The van der Waals surface area contributed by atoms with Gasteiger partial charge in [-0.3, -0.25) is 14.6 Å². The molecule has 0 saturated heterocycles. The average molecular weight is 347 g/mol. The summed E-state index contributed by atoms with van der Waals surface area (Å²) in [5, 5.41) is 2.82. The first-order valence-electron chi connectivity index (χ1n) is 8.39. The molecule has 3 aromatic rings. The van der Waals surface area contributed by atoms with Gasteiger partial charge in [0.1, 0.15) is 5.56 Å². The number of nitrogens with zero attached hydrogens (tertiary/aromatic N) is 1. The first-order chi connectivity index (χ1) is 12.3. The van der Waals surface area contributed by atoms with Crippen LogP contribution in [0.2, 0.25) is 0 Å². The molecule has 3 rings (SSSR count). The summed E-state index contributed by atoms with van der Waals surface area (Å²) in [7, 11) is 0. The molecular weight excluding hydrogens is 326 g/mol. The topological polar surface area (TPSA) is 74.8 Å². The lowest BCUT2D eigenvalue weighted by atomic mass is 9.87. The van der Waals surface area contributed by atoms with E-state index >= 15 is 0 Å². The predicted octanol–water partition coefficient (Wildman–Crippen LogP) is 3.99. The second kappa shape index (κ2) is 6.96. The van der Waals surface area contributed by atoms with Gasteiger partial charge in [-0.05, 0) is 52.4 Å². The Kier molecular flexibility index (Phi) is 4.71. The molecule has 0 bridgehead atoms. The average Bonchev–Trinajstić information content (AvgIpc) is 2.62. The zero-order valence-electron chi connectivity index (χ0n) is 15.0. The monoisotopic (exact) mass is 347 g/mol. The summed E-state index contributed by atoms with van der Waals surface area (Å²) < 4.78 is 0. The van der Waals surface area contributed by atoms with E-state index in [1.807, 2.05) is 36.4 Å². The third-order valence-electron chi connectivity index (χ3n) is 4.15. The number of nitrogens with one attached hydrogen (secondary N) is 2. The fourth-order valence-electron chi connectivity index (χ4n) is 2.63. The number of carbonyl (C=O) groups is 1. The third-order valence-corrected chi connectivity index (χ3v) is 4.15. The first-order valence-corrected chi connectivity index (χ1v) is 8.39. The Bertz CT molecular complexity index is 986. The smallest absolute Gasteiger partial charge is 0.261 e. The minimum atomic E-state index is -0.437. The maximum absolute atomic E-state index is 12.6. The molecule has 0 aliphatic heterocycles. The molecule has 0 saturated carbocycles. The number of anilines is 1. The van der Waals surface area contributed by atoms with E-state index < -0.39 is 11.5 Å². The second-order valence-electron chi connectivity index (χ2n) is 7.15. The number of hydrogen-bond donors (Lipinski definition) is 2. The van der Waals surface area contributed by atoms with Crippen molar-refractivity contribution >= 4 is 11.6 Å². The number of aromatic nitrogens is 2. The van der Waals surface area contributed by atoms with Crippen LogP contribution in [-0.4, -0.2) is 15.9 Å². The van der Waals surface area contributed by atoms with Crippen molar-refractivity contribution in [2.24, 2.45) is 0 Å². The number of pyridine rings is 2. The van der Waals surface area contributed by atoms with Crippen molar-refractivity contribution in [2.45, 2.75) is 26.2 Å². The number of rotatable bonds is 3. The molecule has 0 spiro atoms. The summed E-state index contributed by atoms with van der Waals surface area (Å²) in [6, 6.07) is 12.9. The highest BCUT2D eigenvalue weighted by Gasteiger charge is 2.16. The summed E-state index contributed by atoms with van der Waals surface area (Å²) >= 11 is 0. The number of carbonyl (C=O) groups excluding carboxylic acids is 1. The van der Waals surface area contributed by atoms with Gasteiger partial charge in [-0.25, -0.2) is 0 Å². The predicted molar refractivity (Wildman–Crippen MR) is 103 cm³/mol. The third kappa shape index (κ3) is 3.88. The SMILES string of the molecule is CC(C)(C)c1cccc(NC(=O)c2cc(-c3ccncc3)c[nH]c2=O)c1. The lowest BCUT2D eigenvalue weighted by Crippen LogP contribution is -2.23. The van der Waals surface area contributed by atoms with Gasteiger partial charge in [0.15, 0.2) is 0 Å². The van der Waals surface area contributed by atoms with Crippen molar-refractivity contribution in [1.29, 1.82) is 0 Å². The molecule has 0 atom stereocenters. The van der Waals surface area contributed by atoms with Crippen LogP contribution in [0.5, 0.6) is 0 Å². The molecule has 26 heavy (non-hydrogen) atoms. The number of benzene rings is 1. The standard InChI is InChI=1S/C21H21N3O2/c1-21(2,3)16-5-4-6-17(12-16)24-20(26)18-11-15(13-23-19(18)25)14-7-9-22-10-8-14/h4-13H,1-3H3,(H,23,25)(H,24,26). The van der Waals surface area contributed by atoms with E-state index in [0.717, 1.165) is 16.7 Å². The Morgan fingerprint density at radius 1 is 1.04 bits per heavy atom. The van der Waals surface area contributed by atoms with E-state index in [1.54, 1.807) is 24.7 Å². The van der Waals surface area contributed by atoms with E-state index in [1.165, 1.54) is 0 Å². The minimum Gasteiger partial charge on any atom is -0.328 e. The van der Waals surface area contributed by atoms with Crippen LogP contribution in [0.15, 0.2) is 65.8 Å². The van der Waals surface area contributed by atoms with E-state index in [-0.39, 0.29) is 11.0 Å². The quantitative estimate of drug-likeness (QED) is 0.752. The van der Waals surface area contributed by atoms with E-state index in [2.05, 4.69) is 36.1 Å². The van der Waals surface area contributed by atoms with E-state index in [0.29, 0.717) is 5.69 Å². The molecule has 0 aliphatic rings. The van der Waals surface area contributed by atoms with Gasteiger partial charge < -0.3 is 10.3 Å². The molecular formula is C21H21N3O2. The lowest BCUT2D eigenvalue weighted by Gasteiger charge is -2.19. The molecule has 0 aliphatic carbocycles. The van der Waals surface area contributed by atoms with Gasteiger partial charge in [0.05, 0.1) is 0 Å². The van der Waals surface area contributed by atoms with Crippen LogP contribution in [0.3, 0.4) is 0 Å². The highest BCUT2D eigenvalue weighted by Crippen LogP contribution is 2.25. The van der Waals surface area contributed by atoms with Crippen LogP contribution < -0.4 is 10.9 Å². The molecule has 1 aromatic carbocycles. The first kappa shape index (κ1) is 17.6. The van der Waals surface area contributed by atoms with Crippen LogP contribution in [0.1, 0.15) is 36.7 Å². The fraction of sp³-hybridized carbons (Fsp3) is 0.190. The Balaban J connectivity index is 1.90. The van der Waals surface area contributed by atoms with Crippen molar-refractivity contribution in [3.63, 3.8) is 0 Å². The largest absolute Gasteiger partial charge is 0.328 e. The summed E-state index contributed by atoms with van der Waals surface area (Å²) in [4.78, 5) is 31.4. The van der Waals surface area contributed by atoms with Gasteiger partial charge in [0, 0.05) is 24.3 Å². The minimum absolute atomic E-state index is 0.0283. The van der Waals surface area contributed by atoms with Crippen molar-refractivity contribution in [3.05, 3.63) is 82.5 Å². The van der Waals surface area contributed by atoms with Crippen molar-refractivity contribution in [1.82, 2.24) is 9.97 Å². The Labute approximate surface area is 152 Å². The normalized spacial score (nSPS) is 11.2. The lowest BCUT2D eigenvalue weighted by molar-refractivity contribution is 0.102. The van der Waals surface area contributed by atoms with Gasteiger partial charge in [-0.15, -0.1) is 0 Å². The molecule has 2 aromatic heterocycles. The van der Waals surface area contributed by atoms with E-state index in [4.69, 9.17) is 0 Å². The van der Waals surface area contributed by atoms with Gasteiger partial charge >= 0.3 is 0 Å². The molecule has 0 unspecified atom stereocenters. The molecule has 2 N–H and O–H groups in total. The highest BCUT2D eigenvalue weighted by molar-refractivity contribution is 6.04. The summed E-state index contributed by atoms with van der Waals surface area (Å²) in [6.07, 6.45) is 4.92.